The van der Waals surface area contributed by atoms with Gasteiger partial charge in [-0.1, -0.05) is 30.3 Å². The summed E-state index contributed by atoms with van der Waals surface area (Å²) in [6.07, 6.45) is 0. The Hall–Kier alpha value is 0.897. The molecule has 0 aliphatic carbocycles. The molecule has 0 aliphatic rings. The molecule has 9 heavy (non-hydrogen) atoms. The largest absolute Gasteiger partial charge is 0.206 e. The van der Waals surface area contributed by atoms with Gasteiger partial charge in [-0.15, -0.1) is 43.6 Å². The Morgan fingerprint density at radius 1 is 1.00 bits per heavy atom. The van der Waals surface area contributed by atoms with Gasteiger partial charge in [0.2, 0.25) is 3.79 Å². The van der Waals surface area contributed by atoms with Crippen molar-refractivity contribution >= 4 is 52.6 Å². The van der Waals surface area contributed by atoms with Gasteiger partial charge in [0.1, 0.15) is 0 Å². The van der Waals surface area contributed by atoms with Gasteiger partial charge in [0.25, 0.3) is 0 Å². The van der Waals surface area contributed by atoms with Gasteiger partial charge in [-0.05, 0) is 5.19 Å². The van der Waals surface area contributed by atoms with Gasteiger partial charge in [-0.3, -0.25) is 0 Å². The Morgan fingerprint density at radius 3 is 1.89 bits per heavy atom. The molecular formula is C6H6I2Si. The van der Waals surface area contributed by atoms with Crippen molar-refractivity contribution < 1.29 is 0 Å². The number of hydrogen-bond acceptors (Lipinski definition) is 0. The van der Waals surface area contributed by atoms with Crippen LogP contribution in [0.1, 0.15) is 0 Å². The van der Waals surface area contributed by atoms with Crippen LogP contribution in [0.4, 0.5) is 0 Å². The lowest BCUT2D eigenvalue weighted by molar-refractivity contribution is 1.77. The van der Waals surface area contributed by atoms with E-state index in [9.17, 15) is 0 Å². The molecule has 0 amide bonds. The molecule has 0 saturated carbocycles. The molecule has 3 heteroatoms. The van der Waals surface area contributed by atoms with E-state index in [1.54, 1.807) is 0 Å². The summed E-state index contributed by atoms with van der Waals surface area (Å²) in [7, 11) is 0. The minimum absolute atomic E-state index is 0.589. The molecule has 0 spiro atoms. The van der Waals surface area contributed by atoms with E-state index in [4.69, 9.17) is 0 Å². The second-order valence-corrected chi connectivity index (χ2v) is 17.6. The first kappa shape index (κ1) is 8.00. The Bertz CT molecular complexity index is 174. The molecule has 0 nitrogen and oxygen atoms in total. The van der Waals surface area contributed by atoms with Gasteiger partial charge in [0.15, 0.2) is 0 Å². The highest BCUT2D eigenvalue weighted by Crippen LogP contribution is 2.03. The maximum Gasteiger partial charge on any atom is 0.206 e. The molecule has 1 rings (SSSR count). The Kier molecular flexibility index (Phi) is 3.48. The van der Waals surface area contributed by atoms with Crippen molar-refractivity contribution in [1.29, 1.82) is 0 Å². The number of rotatable bonds is 1. The first-order valence-corrected chi connectivity index (χ1v) is 11.6. The summed E-state index contributed by atoms with van der Waals surface area (Å²) < 4.78 is -0.589. The molecule has 0 N–H and O–H groups in total. The van der Waals surface area contributed by atoms with E-state index in [-0.39, 0.29) is 0 Å². The van der Waals surface area contributed by atoms with Crippen LogP contribution >= 0.6 is 43.6 Å². The topological polar surface area (TPSA) is 0 Å². The molecule has 0 atom stereocenters. The summed E-state index contributed by atoms with van der Waals surface area (Å²) in [4.78, 5) is 0. The molecule has 0 saturated heterocycles. The van der Waals surface area contributed by atoms with Crippen molar-refractivity contribution in [2.24, 2.45) is 0 Å². The highest BCUT2D eigenvalue weighted by Gasteiger charge is 2.00. The summed E-state index contributed by atoms with van der Waals surface area (Å²) >= 11 is 5.07. The summed E-state index contributed by atoms with van der Waals surface area (Å²) in [5, 5.41) is 1.53. The monoisotopic (exact) mass is 360 g/mol. The van der Waals surface area contributed by atoms with Gasteiger partial charge < -0.3 is 0 Å². The minimum Gasteiger partial charge on any atom is -0.103 e. The van der Waals surface area contributed by atoms with Crippen molar-refractivity contribution in [2.45, 2.75) is 0 Å². The Morgan fingerprint density at radius 2 is 1.56 bits per heavy atom. The van der Waals surface area contributed by atoms with Crippen LogP contribution in [-0.4, -0.2) is 3.79 Å². The van der Waals surface area contributed by atoms with E-state index in [0.29, 0.717) is 0 Å². The smallest absolute Gasteiger partial charge is 0.103 e. The fourth-order valence-electron chi connectivity index (χ4n) is 0.599. The van der Waals surface area contributed by atoms with Crippen LogP contribution in [0.3, 0.4) is 0 Å². The summed E-state index contributed by atoms with van der Waals surface area (Å²) in [6.45, 7) is 0. The van der Waals surface area contributed by atoms with Crippen LogP contribution in [0.25, 0.3) is 0 Å². The normalized spacial score (nSPS) is 10.1. The highest BCUT2D eigenvalue weighted by molar-refractivity contribution is 14.3. The Labute approximate surface area is 82.1 Å². The third-order valence-electron chi connectivity index (χ3n) is 1.05. The minimum atomic E-state index is -0.589. The molecule has 0 bridgehead atoms. The molecule has 1 aromatic rings. The first-order valence-electron chi connectivity index (χ1n) is 2.64. The lowest BCUT2D eigenvalue weighted by Crippen LogP contribution is -2.14. The zero-order chi connectivity index (χ0) is 6.69. The van der Waals surface area contributed by atoms with Gasteiger partial charge in [0, 0.05) is 0 Å². The predicted molar refractivity (Wildman–Crippen MR) is 61.3 cm³/mol. The quantitative estimate of drug-likeness (QED) is 0.408. The van der Waals surface area contributed by atoms with Crippen molar-refractivity contribution in [3.8, 4) is 0 Å². The van der Waals surface area contributed by atoms with Crippen LogP contribution in [0, 0.1) is 0 Å². The number of hydrogen-bond donors (Lipinski definition) is 0. The van der Waals surface area contributed by atoms with Crippen LogP contribution in [-0.2, 0) is 0 Å². The van der Waals surface area contributed by atoms with Crippen molar-refractivity contribution in [2.75, 3.05) is 0 Å². The average Bonchev–Trinajstić information content (AvgIpc) is 1.90. The van der Waals surface area contributed by atoms with Crippen LogP contribution in [0.5, 0.6) is 0 Å². The van der Waals surface area contributed by atoms with Gasteiger partial charge in [0.05, 0.1) is 0 Å². The van der Waals surface area contributed by atoms with E-state index in [1.165, 1.54) is 5.19 Å². The van der Waals surface area contributed by atoms with Crippen molar-refractivity contribution in [1.82, 2.24) is 0 Å². The summed E-state index contributed by atoms with van der Waals surface area (Å²) in [5.74, 6) is 0. The molecular weight excluding hydrogens is 354 g/mol. The molecule has 0 aliphatic heterocycles. The zero-order valence-electron chi connectivity index (χ0n) is 4.72. The maximum atomic E-state index is 2.53. The average molecular weight is 360 g/mol. The number of halogens is 2. The lowest BCUT2D eigenvalue weighted by atomic mass is 10.4. The molecule has 0 heterocycles. The van der Waals surface area contributed by atoms with Crippen LogP contribution < -0.4 is 5.19 Å². The molecule has 1 aromatic carbocycles. The SMILES string of the molecule is I[SiH](I)c1ccccc1. The maximum absolute atomic E-state index is 2.53. The molecule has 48 valence electrons. The standard InChI is InChI=1S/C6H6I2Si/c7-9(8)6-4-2-1-3-5-6/h1-5,9H. The number of benzene rings is 1. The zero-order valence-corrected chi connectivity index (χ0v) is 10.2. The van der Waals surface area contributed by atoms with Crippen molar-refractivity contribution in [3.63, 3.8) is 0 Å². The lowest BCUT2D eigenvalue weighted by Gasteiger charge is -1.96. The van der Waals surface area contributed by atoms with Crippen molar-refractivity contribution in [3.05, 3.63) is 30.3 Å². The summed E-state index contributed by atoms with van der Waals surface area (Å²) in [5.41, 5.74) is 0. The van der Waals surface area contributed by atoms with E-state index in [0.717, 1.165) is 0 Å². The van der Waals surface area contributed by atoms with Gasteiger partial charge in [-0.25, -0.2) is 0 Å². The van der Waals surface area contributed by atoms with Gasteiger partial charge >= 0.3 is 0 Å². The highest BCUT2D eigenvalue weighted by atomic mass is 127. The van der Waals surface area contributed by atoms with E-state index in [1.807, 2.05) is 0 Å². The van der Waals surface area contributed by atoms with E-state index < -0.39 is 3.79 Å². The molecule has 0 aromatic heterocycles. The molecule has 0 fully saturated rings. The third kappa shape index (κ3) is 2.54. The molecule has 0 radical (unpaired) electrons. The van der Waals surface area contributed by atoms with E-state index >= 15 is 0 Å². The fraction of sp³-hybridized carbons (Fsp3) is 0. The van der Waals surface area contributed by atoms with Crippen LogP contribution in [0.2, 0.25) is 0 Å². The summed E-state index contributed by atoms with van der Waals surface area (Å²) in [6, 6.07) is 10.7. The predicted octanol–water partition coefficient (Wildman–Crippen LogP) is 1.98. The molecule has 0 unspecified atom stereocenters. The third-order valence-corrected chi connectivity index (χ3v) is 6.26. The van der Waals surface area contributed by atoms with E-state index in [2.05, 4.69) is 73.9 Å². The second-order valence-electron chi connectivity index (χ2n) is 1.71. The fourth-order valence-corrected chi connectivity index (χ4v) is 3.60. The van der Waals surface area contributed by atoms with Crippen LogP contribution in [0.15, 0.2) is 30.3 Å². The second kappa shape index (κ2) is 3.92. The van der Waals surface area contributed by atoms with Gasteiger partial charge in [-0.2, -0.15) is 0 Å². The first-order chi connectivity index (χ1) is 4.30. The Balaban J connectivity index is 2.85.